The minimum atomic E-state index is -0.0262. The zero-order chi connectivity index (χ0) is 20.1. The molecule has 2 aromatic rings. The van der Waals surface area contributed by atoms with Crippen LogP contribution in [0.1, 0.15) is 38.8 Å². The highest BCUT2D eigenvalue weighted by Gasteiger charge is 2.25. The number of hydrogen-bond donors (Lipinski definition) is 1. The van der Waals surface area contributed by atoms with Gasteiger partial charge in [0, 0.05) is 33.5 Å². The maximum Gasteiger partial charge on any atom is 0.217 e. The van der Waals surface area contributed by atoms with Gasteiger partial charge >= 0.3 is 0 Å². The Morgan fingerprint density at radius 2 is 2.07 bits per heavy atom. The number of hydrogen-bond acceptors (Lipinski definition) is 5. The topological polar surface area (TPSA) is 57.7 Å². The smallest absolute Gasteiger partial charge is 0.217 e. The summed E-state index contributed by atoms with van der Waals surface area (Å²) in [5.41, 5.74) is 1.07. The molecule has 6 nitrogen and oxygen atoms in total. The zero-order valence-electron chi connectivity index (χ0n) is 17.2. The molecular weight excluding hydrogens is 352 g/mol. The Kier molecular flexibility index (Phi) is 6.39. The lowest BCUT2D eigenvalue weighted by Gasteiger charge is -2.21. The highest BCUT2D eigenvalue weighted by molar-refractivity contribution is 5.73. The third-order valence-electron chi connectivity index (χ3n) is 5.16. The van der Waals surface area contributed by atoms with Gasteiger partial charge in [0.15, 0.2) is 0 Å². The molecule has 0 spiro atoms. The van der Waals surface area contributed by atoms with Crippen molar-refractivity contribution in [2.75, 3.05) is 36.5 Å². The number of pyridine rings is 1. The number of anilines is 2. The van der Waals surface area contributed by atoms with Crippen LogP contribution in [0, 0.1) is 0 Å². The molecule has 1 amide bonds. The summed E-state index contributed by atoms with van der Waals surface area (Å²) in [4.78, 5) is 20.4. The van der Waals surface area contributed by atoms with Crippen LogP contribution in [0.2, 0.25) is 0 Å². The predicted molar refractivity (Wildman–Crippen MR) is 113 cm³/mol. The Morgan fingerprint density at radius 1 is 1.32 bits per heavy atom. The van der Waals surface area contributed by atoms with Gasteiger partial charge in [0.25, 0.3) is 0 Å². The monoisotopic (exact) mass is 382 g/mol. The molecule has 1 saturated heterocycles. The molecule has 1 aromatic carbocycles. The van der Waals surface area contributed by atoms with E-state index < -0.39 is 0 Å². The second kappa shape index (κ2) is 8.95. The highest BCUT2D eigenvalue weighted by atomic mass is 16.5. The van der Waals surface area contributed by atoms with Gasteiger partial charge in [-0.1, -0.05) is 18.2 Å². The summed E-state index contributed by atoms with van der Waals surface area (Å²) in [7, 11) is 2.05. The van der Waals surface area contributed by atoms with Gasteiger partial charge in [-0.15, -0.1) is 0 Å². The summed E-state index contributed by atoms with van der Waals surface area (Å²) >= 11 is 0. The molecular formula is C22H30N4O2. The van der Waals surface area contributed by atoms with Crippen LogP contribution in [-0.4, -0.2) is 43.7 Å². The van der Waals surface area contributed by atoms with Gasteiger partial charge in [-0.2, -0.15) is 0 Å². The number of rotatable bonds is 7. The first-order chi connectivity index (χ1) is 13.5. The molecule has 1 aliphatic heterocycles. The largest absolute Gasteiger partial charge is 0.489 e. The minimum absolute atomic E-state index is 0.00637. The Labute approximate surface area is 167 Å². The van der Waals surface area contributed by atoms with E-state index in [1.54, 1.807) is 0 Å². The van der Waals surface area contributed by atoms with Crippen LogP contribution in [0.15, 0.2) is 42.5 Å². The van der Waals surface area contributed by atoms with Crippen molar-refractivity contribution in [3.63, 3.8) is 0 Å². The summed E-state index contributed by atoms with van der Waals surface area (Å²) < 4.78 is 6.17. The average molecular weight is 383 g/mol. The quantitative estimate of drug-likeness (QED) is 0.795. The first-order valence-electron chi connectivity index (χ1n) is 9.93. The fourth-order valence-corrected chi connectivity index (χ4v) is 3.41. The van der Waals surface area contributed by atoms with E-state index in [0.717, 1.165) is 49.0 Å². The predicted octanol–water partition coefficient (Wildman–Crippen LogP) is 3.39. The number of nitrogens with one attached hydrogen (secondary N) is 1. The Balaban J connectivity index is 1.58. The van der Waals surface area contributed by atoms with E-state index in [4.69, 9.17) is 9.72 Å². The highest BCUT2D eigenvalue weighted by Crippen LogP contribution is 2.25. The van der Waals surface area contributed by atoms with Crippen LogP contribution in [0.25, 0.3) is 0 Å². The standard InChI is InChI=1S/C22H30N4O2/c1-5-25(4)21-7-6-8-22(24-21)26-14-13-20(15-26)28-19-11-9-18(10-12-19)16(2)23-17(3)27/h6-12,16,20H,5,13-15H2,1-4H3,(H,23,27)/t16-,20+/m0/s1. The average Bonchev–Trinajstić information content (AvgIpc) is 3.16. The minimum Gasteiger partial charge on any atom is -0.489 e. The number of aromatic nitrogens is 1. The molecule has 28 heavy (non-hydrogen) atoms. The van der Waals surface area contributed by atoms with Crippen molar-refractivity contribution in [1.82, 2.24) is 10.3 Å². The van der Waals surface area contributed by atoms with Crippen LogP contribution in [0.4, 0.5) is 11.6 Å². The molecule has 6 heteroatoms. The summed E-state index contributed by atoms with van der Waals surface area (Å²) in [5.74, 6) is 2.83. The van der Waals surface area contributed by atoms with E-state index in [9.17, 15) is 4.79 Å². The van der Waals surface area contributed by atoms with Crippen molar-refractivity contribution in [3.05, 3.63) is 48.0 Å². The molecule has 1 aliphatic rings. The molecule has 0 radical (unpaired) electrons. The normalized spacial score (nSPS) is 17.3. The number of nitrogens with zero attached hydrogens (tertiary/aromatic N) is 3. The Hall–Kier alpha value is -2.76. The lowest BCUT2D eigenvalue weighted by molar-refractivity contribution is -0.119. The van der Waals surface area contributed by atoms with Crippen LogP contribution >= 0.6 is 0 Å². The van der Waals surface area contributed by atoms with E-state index in [2.05, 4.69) is 41.2 Å². The van der Waals surface area contributed by atoms with Gasteiger partial charge < -0.3 is 19.9 Å². The van der Waals surface area contributed by atoms with E-state index in [1.165, 1.54) is 6.92 Å². The van der Waals surface area contributed by atoms with Crippen molar-refractivity contribution < 1.29 is 9.53 Å². The van der Waals surface area contributed by atoms with Crippen molar-refractivity contribution in [3.8, 4) is 5.75 Å². The maximum absolute atomic E-state index is 11.2. The second-order valence-corrected chi connectivity index (χ2v) is 7.33. The second-order valence-electron chi connectivity index (χ2n) is 7.33. The molecule has 0 bridgehead atoms. The number of carbonyl (C=O) groups excluding carboxylic acids is 1. The molecule has 2 atom stereocenters. The van der Waals surface area contributed by atoms with Crippen LogP contribution in [-0.2, 0) is 4.79 Å². The van der Waals surface area contributed by atoms with Crippen LogP contribution in [0.5, 0.6) is 5.75 Å². The van der Waals surface area contributed by atoms with Crippen LogP contribution < -0.4 is 19.9 Å². The number of amides is 1. The zero-order valence-corrected chi connectivity index (χ0v) is 17.2. The van der Waals surface area contributed by atoms with Crippen molar-refractivity contribution in [2.24, 2.45) is 0 Å². The molecule has 0 saturated carbocycles. The molecule has 1 N–H and O–H groups in total. The molecule has 2 heterocycles. The van der Waals surface area contributed by atoms with E-state index in [-0.39, 0.29) is 18.1 Å². The Bertz CT molecular complexity index is 793. The fraction of sp³-hybridized carbons (Fsp3) is 0.455. The van der Waals surface area contributed by atoms with Gasteiger partial charge in [-0.3, -0.25) is 4.79 Å². The van der Waals surface area contributed by atoms with Gasteiger partial charge in [0.1, 0.15) is 23.5 Å². The van der Waals surface area contributed by atoms with Gasteiger partial charge in [0.05, 0.1) is 12.6 Å². The lowest BCUT2D eigenvalue weighted by Crippen LogP contribution is -2.26. The Morgan fingerprint density at radius 3 is 2.75 bits per heavy atom. The number of ether oxygens (including phenoxy) is 1. The first kappa shape index (κ1) is 20.0. The van der Waals surface area contributed by atoms with E-state index >= 15 is 0 Å². The SMILES string of the molecule is CCN(C)c1cccc(N2CC[C@@H](Oc3ccc([C@H](C)NC(C)=O)cc3)C2)n1. The van der Waals surface area contributed by atoms with Crippen molar-refractivity contribution in [1.29, 1.82) is 0 Å². The van der Waals surface area contributed by atoms with Gasteiger partial charge in [-0.25, -0.2) is 4.98 Å². The van der Waals surface area contributed by atoms with Gasteiger partial charge in [0.2, 0.25) is 5.91 Å². The fourth-order valence-electron chi connectivity index (χ4n) is 3.41. The van der Waals surface area contributed by atoms with E-state index in [0.29, 0.717) is 0 Å². The summed E-state index contributed by atoms with van der Waals surface area (Å²) in [5, 5.41) is 2.90. The molecule has 3 rings (SSSR count). The van der Waals surface area contributed by atoms with Crippen molar-refractivity contribution in [2.45, 2.75) is 39.3 Å². The third kappa shape index (κ3) is 4.94. The molecule has 0 unspecified atom stereocenters. The van der Waals surface area contributed by atoms with E-state index in [1.807, 2.05) is 37.3 Å². The number of carbonyl (C=O) groups is 1. The summed E-state index contributed by atoms with van der Waals surface area (Å²) in [6.07, 6.45) is 1.12. The summed E-state index contributed by atoms with van der Waals surface area (Å²) in [6, 6.07) is 14.1. The molecule has 1 aromatic heterocycles. The molecule has 1 fully saturated rings. The summed E-state index contributed by atoms with van der Waals surface area (Å²) in [6.45, 7) is 8.33. The maximum atomic E-state index is 11.2. The third-order valence-corrected chi connectivity index (χ3v) is 5.16. The van der Waals surface area contributed by atoms with Gasteiger partial charge in [-0.05, 0) is 43.7 Å². The van der Waals surface area contributed by atoms with Crippen LogP contribution in [0.3, 0.4) is 0 Å². The molecule has 150 valence electrons. The number of benzene rings is 1. The first-order valence-corrected chi connectivity index (χ1v) is 9.93. The molecule has 0 aliphatic carbocycles. The van der Waals surface area contributed by atoms with Crippen molar-refractivity contribution >= 4 is 17.5 Å². The lowest BCUT2D eigenvalue weighted by atomic mass is 10.1.